The van der Waals surface area contributed by atoms with Crippen LogP contribution in [0.2, 0.25) is 0 Å². The number of aliphatic hydroxyl groups excluding tert-OH is 1. The minimum absolute atomic E-state index is 0.00313. The van der Waals surface area contributed by atoms with Gasteiger partial charge < -0.3 is 10.0 Å². The Bertz CT molecular complexity index is 252. The summed E-state index contributed by atoms with van der Waals surface area (Å²) in [5, 5.41) is 9.05. The van der Waals surface area contributed by atoms with Gasteiger partial charge in [0.05, 0.1) is 12.6 Å². The van der Waals surface area contributed by atoms with Crippen molar-refractivity contribution >= 4 is 5.91 Å². The second-order valence-electron chi connectivity index (χ2n) is 4.28. The monoisotopic (exact) mass is 181 g/mol. The first kappa shape index (κ1) is 10.1. The number of rotatable bonds is 1. The van der Waals surface area contributed by atoms with E-state index < -0.39 is 0 Å². The number of terminal acetylenes is 1. The Balaban J connectivity index is 2.76. The van der Waals surface area contributed by atoms with Crippen LogP contribution in [0.5, 0.6) is 0 Å². The number of hydrogen-bond donors (Lipinski definition) is 1. The van der Waals surface area contributed by atoms with Crippen molar-refractivity contribution in [3.05, 3.63) is 0 Å². The third kappa shape index (κ3) is 2.02. The van der Waals surface area contributed by atoms with Crippen LogP contribution in [0.4, 0.5) is 0 Å². The summed E-state index contributed by atoms with van der Waals surface area (Å²) in [6, 6.07) is -0.0986. The van der Waals surface area contributed by atoms with Crippen molar-refractivity contribution in [3.63, 3.8) is 0 Å². The fourth-order valence-corrected chi connectivity index (χ4v) is 1.89. The van der Waals surface area contributed by atoms with Gasteiger partial charge in [0, 0.05) is 6.54 Å². The SMILES string of the molecule is C#CC(=O)N1CC(C)(C)CC1CO. The molecule has 0 aromatic rings. The zero-order valence-electron chi connectivity index (χ0n) is 8.08. The maximum absolute atomic E-state index is 11.2. The summed E-state index contributed by atoms with van der Waals surface area (Å²) in [5.74, 6) is 1.77. The van der Waals surface area contributed by atoms with Crippen molar-refractivity contribution in [2.45, 2.75) is 26.3 Å². The number of aliphatic hydroxyl groups is 1. The largest absolute Gasteiger partial charge is 0.394 e. The van der Waals surface area contributed by atoms with Crippen LogP contribution in [-0.2, 0) is 4.79 Å². The van der Waals surface area contributed by atoms with Gasteiger partial charge in [0.1, 0.15) is 0 Å². The van der Waals surface area contributed by atoms with Crippen LogP contribution in [-0.4, -0.2) is 35.1 Å². The second-order valence-corrected chi connectivity index (χ2v) is 4.28. The zero-order valence-corrected chi connectivity index (χ0v) is 8.08. The molecule has 0 spiro atoms. The maximum Gasteiger partial charge on any atom is 0.298 e. The van der Waals surface area contributed by atoms with Gasteiger partial charge in [-0.05, 0) is 17.8 Å². The molecule has 1 aliphatic rings. The summed E-state index contributed by atoms with van der Waals surface area (Å²) in [7, 11) is 0. The first-order valence-corrected chi connectivity index (χ1v) is 4.38. The molecule has 1 rings (SSSR count). The lowest BCUT2D eigenvalue weighted by Crippen LogP contribution is -2.37. The van der Waals surface area contributed by atoms with Gasteiger partial charge in [-0.1, -0.05) is 13.8 Å². The van der Waals surface area contributed by atoms with Crippen LogP contribution in [0.3, 0.4) is 0 Å². The van der Waals surface area contributed by atoms with E-state index in [9.17, 15) is 4.79 Å². The van der Waals surface area contributed by atoms with Gasteiger partial charge in [0.25, 0.3) is 5.91 Å². The lowest BCUT2D eigenvalue weighted by molar-refractivity contribution is -0.126. The quantitative estimate of drug-likeness (QED) is 0.589. The van der Waals surface area contributed by atoms with Gasteiger partial charge in [0.2, 0.25) is 0 Å². The molecule has 72 valence electrons. The zero-order chi connectivity index (χ0) is 10.1. The highest BCUT2D eigenvalue weighted by Crippen LogP contribution is 2.33. The van der Waals surface area contributed by atoms with Crippen LogP contribution >= 0.6 is 0 Å². The molecular formula is C10H15NO2. The molecule has 0 aromatic carbocycles. The average molecular weight is 181 g/mol. The van der Waals surface area contributed by atoms with Crippen LogP contribution < -0.4 is 0 Å². The maximum atomic E-state index is 11.2. The molecule has 1 fully saturated rings. The molecule has 0 radical (unpaired) electrons. The van der Waals surface area contributed by atoms with Crippen LogP contribution in [0.1, 0.15) is 20.3 Å². The number of likely N-dealkylation sites (tertiary alicyclic amines) is 1. The predicted octanol–water partition coefficient (Wildman–Crippen LogP) is 0.239. The first-order valence-electron chi connectivity index (χ1n) is 4.38. The molecule has 1 atom stereocenters. The predicted molar refractivity (Wildman–Crippen MR) is 49.8 cm³/mol. The Morgan fingerprint density at radius 2 is 2.38 bits per heavy atom. The van der Waals surface area contributed by atoms with Crippen LogP contribution in [0.15, 0.2) is 0 Å². The Morgan fingerprint density at radius 1 is 1.77 bits per heavy atom. The first-order chi connectivity index (χ1) is 6.00. The summed E-state index contributed by atoms with van der Waals surface area (Å²) < 4.78 is 0. The number of nitrogens with zero attached hydrogens (tertiary/aromatic N) is 1. The van der Waals surface area contributed by atoms with Gasteiger partial charge in [-0.25, -0.2) is 0 Å². The second kappa shape index (κ2) is 3.39. The van der Waals surface area contributed by atoms with Crippen molar-refractivity contribution in [3.8, 4) is 12.3 Å². The number of carbonyl (C=O) groups excluding carboxylic acids is 1. The third-order valence-electron chi connectivity index (χ3n) is 2.42. The molecule has 1 heterocycles. The molecule has 0 aromatic heterocycles. The van der Waals surface area contributed by atoms with E-state index in [0.29, 0.717) is 6.54 Å². The molecule has 1 aliphatic heterocycles. The van der Waals surface area contributed by atoms with E-state index in [1.54, 1.807) is 4.90 Å². The minimum atomic E-state index is -0.315. The summed E-state index contributed by atoms with van der Waals surface area (Å²) in [5.41, 5.74) is 0.0694. The van der Waals surface area contributed by atoms with E-state index in [4.69, 9.17) is 11.5 Å². The number of hydrogen-bond acceptors (Lipinski definition) is 2. The van der Waals surface area contributed by atoms with Crippen molar-refractivity contribution < 1.29 is 9.90 Å². The van der Waals surface area contributed by atoms with Gasteiger partial charge >= 0.3 is 0 Å². The van der Waals surface area contributed by atoms with Gasteiger partial charge in [0.15, 0.2) is 0 Å². The van der Waals surface area contributed by atoms with Gasteiger partial charge in [-0.2, -0.15) is 0 Å². The van der Waals surface area contributed by atoms with Gasteiger partial charge in [-0.3, -0.25) is 4.79 Å². The molecule has 13 heavy (non-hydrogen) atoms. The van der Waals surface area contributed by atoms with Crippen molar-refractivity contribution in [1.29, 1.82) is 0 Å². The van der Waals surface area contributed by atoms with E-state index in [-0.39, 0.29) is 24.0 Å². The average Bonchev–Trinajstić information content (AvgIpc) is 2.39. The van der Waals surface area contributed by atoms with E-state index >= 15 is 0 Å². The number of amides is 1. The molecule has 0 aliphatic carbocycles. The Labute approximate surface area is 78.7 Å². The normalized spacial score (nSPS) is 25.7. The third-order valence-corrected chi connectivity index (χ3v) is 2.42. The summed E-state index contributed by atoms with van der Waals surface area (Å²) in [4.78, 5) is 12.8. The number of carbonyl (C=O) groups is 1. The molecule has 1 N–H and O–H groups in total. The standard InChI is InChI=1S/C10H15NO2/c1-4-9(13)11-7-10(2,3)5-8(11)6-12/h1,8,12H,5-7H2,2-3H3. The highest BCUT2D eigenvalue weighted by Gasteiger charge is 2.38. The Kier molecular flexibility index (Phi) is 2.63. The molecule has 1 unspecified atom stereocenters. The lowest BCUT2D eigenvalue weighted by Gasteiger charge is -2.20. The lowest BCUT2D eigenvalue weighted by atomic mass is 9.91. The minimum Gasteiger partial charge on any atom is -0.394 e. The molecule has 3 heteroatoms. The van der Waals surface area contributed by atoms with E-state index in [1.165, 1.54) is 0 Å². The summed E-state index contributed by atoms with van der Waals surface area (Å²) >= 11 is 0. The van der Waals surface area contributed by atoms with E-state index in [1.807, 2.05) is 0 Å². The molecule has 1 amide bonds. The topological polar surface area (TPSA) is 40.5 Å². The van der Waals surface area contributed by atoms with Crippen molar-refractivity contribution in [2.75, 3.05) is 13.2 Å². The van der Waals surface area contributed by atoms with E-state index in [0.717, 1.165) is 6.42 Å². The highest BCUT2D eigenvalue weighted by atomic mass is 16.3. The van der Waals surface area contributed by atoms with Gasteiger partial charge in [-0.15, -0.1) is 6.42 Å². The molecule has 0 bridgehead atoms. The molecule has 1 saturated heterocycles. The van der Waals surface area contributed by atoms with Crippen molar-refractivity contribution in [2.24, 2.45) is 5.41 Å². The smallest absolute Gasteiger partial charge is 0.298 e. The molecule has 3 nitrogen and oxygen atoms in total. The molecular weight excluding hydrogens is 166 g/mol. The Hall–Kier alpha value is -1.01. The Morgan fingerprint density at radius 3 is 2.85 bits per heavy atom. The molecule has 0 saturated carbocycles. The van der Waals surface area contributed by atoms with Crippen LogP contribution in [0, 0.1) is 17.8 Å². The fraction of sp³-hybridized carbons (Fsp3) is 0.700. The van der Waals surface area contributed by atoms with Crippen molar-refractivity contribution in [1.82, 2.24) is 4.90 Å². The summed E-state index contributed by atoms with van der Waals surface area (Å²) in [6.07, 6.45) is 5.85. The fourth-order valence-electron chi connectivity index (χ4n) is 1.89. The highest BCUT2D eigenvalue weighted by molar-refractivity contribution is 5.93. The summed E-state index contributed by atoms with van der Waals surface area (Å²) in [6.45, 7) is 4.77. The van der Waals surface area contributed by atoms with E-state index in [2.05, 4.69) is 19.8 Å². The van der Waals surface area contributed by atoms with Crippen LogP contribution in [0.25, 0.3) is 0 Å².